The number of halogens is 2. The van der Waals surface area contributed by atoms with Crippen LogP contribution in [-0.4, -0.2) is 24.3 Å². The van der Waals surface area contributed by atoms with E-state index >= 15 is 0 Å². The predicted molar refractivity (Wildman–Crippen MR) is 96.1 cm³/mol. The fraction of sp³-hybridized carbons (Fsp3) is 0.176. The van der Waals surface area contributed by atoms with E-state index in [1.807, 2.05) is 24.3 Å². The molecular weight excluding hydrogens is 367 g/mol. The van der Waals surface area contributed by atoms with Crippen molar-refractivity contribution in [3.05, 3.63) is 63.8 Å². The SMILES string of the molecule is O=S(=O)(c1ccc(Cl)c(Cl)c1)N1CCc2[nH]c3ccccc3c2C1. The van der Waals surface area contributed by atoms with Crippen LogP contribution in [-0.2, 0) is 23.0 Å². The van der Waals surface area contributed by atoms with Gasteiger partial charge in [0.1, 0.15) is 0 Å². The van der Waals surface area contributed by atoms with Gasteiger partial charge in [-0.15, -0.1) is 0 Å². The van der Waals surface area contributed by atoms with E-state index < -0.39 is 10.0 Å². The van der Waals surface area contributed by atoms with Crippen molar-refractivity contribution >= 4 is 44.1 Å². The number of hydrogen-bond acceptors (Lipinski definition) is 2. The molecule has 0 saturated carbocycles. The van der Waals surface area contributed by atoms with Gasteiger partial charge in [0.05, 0.1) is 14.9 Å². The molecule has 1 aliphatic heterocycles. The Morgan fingerprint density at radius 3 is 2.62 bits per heavy atom. The number of nitrogens with zero attached hydrogens (tertiary/aromatic N) is 1. The number of rotatable bonds is 2. The van der Waals surface area contributed by atoms with Crippen LogP contribution in [0.5, 0.6) is 0 Å². The summed E-state index contributed by atoms with van der Waals surface area (Å²) in [5, 5.41) is 1.65. The summed E-state index contributed by atoms with van der Waals surface area (Å²) in [5.74, 6) is 0. The molecule has 2 aromatic carbocycles. The van der Waals surface area contributed by atoms with Crippen LogP contribution in [0.25, 0.3) is 10.9 Å². The molecule has 1 N–H and O–H groups in total. The summed E-state index contributed by atoms with van der Waals surface area (Å²) in [7, 11) is -3.61. The Labute approximate surface area is 150 Å². The van der Waals surface area contributed by atoms with Gasteiger partial charge in [-0.1, -0.05) is 41.4 Å². The lowest BCUT2D eigenvalue weighted by molar-refractivity contribution is 0.391. The minimum Gasteiger partial charge on any atom is -0.358 e. The van der Waals surface area contributed by atoms with E-state index in [9.17, 15) is 8.42 Å². The summed E-state index contributed by atoms with van der Waals surface area (Å²) < 4.78 is 27.4. The van der Waals surface area contributed by atoms with E-state index in [0.29, 0.717) is 24.5 Å². The molecule has 24 heavy (non-hydrogen) atoms. The molecule has 4 nitrogen and oxygen atoms in total. The van der Waals surface area contributed by atoms with Crippen LogP contribution in [0, 0.1) is 0 Å². The zero-order valence-electron chi connectivity index (χ0n) is 12.6. The normalized spacial score (nSPS) is 15.6. The van der Waals surface area contributed by atoms with Crippen LogP contribution in [0.2, 0.25) is 10.0 Å². The number of aromatic nitrogens is 1. The first-order chi connectivity index (χ1) is 11.5. The first-order valence-electron chi connectivity index (χ1n) is 7.50. The second-order valence-electron chi connectivity index (χ2n) is 5.79. The highest BCUT2D eigenvalue weighted by molar-refractivity contribution is 7.89. The van der Waals surface area contributed by atoms with E-state index in [2.05, 4.69) is 4.98 Å². The number of H-pyrrole nitrogens is 1. The Hall–Kier alpha value is -1.53. The lowest BCUT2D eigenvalue weighted by atomic mass is 10.1. The highest BCUT2D eigenvalue weighted by Crippen LogP contribution is 2.32. The van der Waals surface area contributed by atoms with Gasteiger partial charge >= 0.3 is 0 Å². The molecule has 0 spiro atoms. The molecule has 0 unspecified atom stereocenters. The zero-order valence-corrected chi connectivity index (χ0v) is 14.9. The van der Waals surface area contributed by atoms with Gasteiger partial charge in [-0.05, 0) is 29.8 Å². The Balaban J connectivity index is 1.74. The second-order valence-corrected chi connectivity index (χ2v) is 8.54. The summed E-state index contributed by atoms with van der Waals surface area (Å²) >= 11 is 11.9. The highest BCUT2D eigenvalue weighted by atomic mass is 35.5. The van der Waals surface area contributed by atoms with Crippen molar-refractivity contribution in [2.45, 2.75) is 17.9 Å². The van der Waals surface area contributed by atoms with Gasteiger partial charge in [0.2, 0.25) is 10.0 Å². The number of para-hydroxylation sites is 1. The van der Waals surface area contributed by atoms with Crippen molar-refractivity contribution in [3.63, 3.8) is 0 Å². The van der Waals surface area contributed by atoms with Crippen LogP contribution in [0.3, 0.4) is 0 Å². The smallest absolute Gasteiger partial charge is 0.243 e. The summed E-state index contributed by atoms with van der Waals surface area (Å²) in [5.41, 5.74) is 3.19. The highest BCUT2D eigenvalue weighted by Gasteiger charge is 2.30. The zero-order chi connectivity index (χ0) is 16.9. The van der Waals surface area contributed by atoms with Crippen molar-refractivity contribution in [1.29, 1.82) is 0 Å². The Morgan fingerprint density at radius 2 is 1.83 bits per heavy atom. The summed E-state index contributed by atoms with van der Waals surface area (Å²) in [4.78, 5) is 3.55. The molecule has 1 aliphatic rings. The van der Waals surface area contributed by atoms with Gasteiger partial charge in [0.15, 0.2) is 0 Å². The van der Waals surface area contributed by atoms with Crippen LogP contribution in [0.4, 0.5) is 0 Å². The standard InChI is InChI=1S/C17H14Cl2N2O2S/c18-14-6-5-11(9-15(14)19)24(22,23)21-8-7-17-13(10-21)12-3-1-2-4-16(12)20-17/h1-6,9,20H,7-8,10H2. The average molecular weight is 381 g/mol. The third-order valence-electron chi connectivity index (χ3n) is 4.38. The number of aromatic amines is 1. The monoisotopic (exact) mass is 380 g/mol. The molecule has 0 saturated heterocycles. The van der Waals surface area contributed by atoms with E-state index in [-0.39, 0.29) is 9.92 Å². The van der Waals surface area contributed by atoms with E-state index in [1.165, 1.54) is 22.5 Å². The van der Waals surface area contributed by atoms with Crippen molar-refractivity contribution in [1.82, 2.24) is 9.29 Å². The van der Waals surface area contributed by atoms with Gasteiger partial charge < -0.3 is 4.98 Å². The number of fused-ring (bicyclic) bond motifs is 3. The molecule has 0 bridgehead atoms. The number of benzene rings is 2. The first kappa shape index (κ1) is 16.0. The molecule has 124 valence electrons. The Bertz CT molecular complexity index is 1040. The van der Waals surface area contributed by atoms with Gasteiger partial charge in [0, 0.05) is 36.1 Å². The maximum absolute atomic E-state index is 12.9. The second kappa shape index (κ2) is 5.77. The summed E-state index contributed by atoms with van der Waals surface area (Å²) in [6.07, 6.45) is 0.657. The predicted octanol–water partition coefficient (Wildman–Crippen LogP) is 4.22. The Kier molecular flexibility index (Phi) is 3.84. The molecule has 0 atom stereocenters. The third kappa shape index (κ3) is 2.52. The van der Waals surface area contributed by atoms with Crippen LogP contribution >= 0.6 is 23.2 Å². The maximum atomic E-state index is 12.9. The first-order valence-corrected chi connectivity index (χ1v) is 9.70. The van der Waals surface area contributed by atoms with Crippen LogP contribution in [0.1, 0.15) is 11.3 Å². The summed E-state index contributed by atoms with van der Waals surface area (Å²) in [6, 6.07) is 12.4. The lowest BCUT2D eigenvalue weighted by Crippen LogP contribution is -2.35. The van der Waals surface area contributed by atoms with Gasteiger partial charge in [-0.3, -0.25) is 0 Å². The lowest BCUT2D eigenvalue weighted by Gasteiger charge is -2.26. The Morgan fingerprint density at radius 1 is 1.04 bits per heavy atom. The van der Waals surface area contributed by atoms with E-state index in [4.69, 9.17) is 23.2 Å². The van der Waals surface area contributed by atoms with E-state index in [1.54, 1.807) is 0 Å². The quantitative estimate of drug-likeness (QED) is 0.723. The molecule has 0 radical (unpaired) electrons. The van der Waals surface area contributed by atoms with Crippen LogP contribution < -0.4 is 0 Å². The number of nitrogens with one attached hydrogen (secondary N) is 1. The number of hydrogen-bond donors (Lipinski definition) is 1. The minimum atomic E-state index is -3.61. The molecule has 0 amide bonds. The van der Waals surface area contributed by atoms with Crippen molar-refractivity contribution in [3.8, 4) is 0 Å². The molecule has 7 heteroatoms. The van der Waals surface area contributed by atoms with Gasteiger partial charge in [-0.2, -0.15) is 4.31 Å². The largest absolute Gasteiger partial charge is 0.358 e. The topological polar surface area (TPSA) is 53.2 Å². The number of sulfonamides is 1. The fourth-order valence-electron chi connectivity index (χ4n) is 3.13. The van der Waals surface area contributed by atoms with Gasteiger partial charge in [-0.25, -0.2) is 8.42 Å². The van der Waals surface area contributed by atoms with E-state index in [0.717, 1.165) is 22.2 Å². The van der Waals surface area contributed by atoms with Crippen molar-refractivity contribution in [2.75, 3.05) is 6.54 Å². The van der Waals surface area contributed by atoms with Gasteiger partial charge in [0.25, 0.3) is 0 Å². The fourth-order valence-corrected chi connectivity index (χ4v) is 4.93. The molecule has 1 aromatic heterocycles. The van der Waals surface area contributed by atoms with Crippen molar-refractivity contribution < 1.29 is 8.42 Å². The average Bonchev–Trinajstić information content (AvgIpc) is 2.95. The van der Waals surface area contributed by atoms with Crippen LogP contribution in [0.15, 0.2) is 47.4 Å². The maximum Gasteiger partial charge on any atom is 0.243 e. The molecule has 4 rings (SSSR count). The third-order valence-corrected chi connectivity index (χ3v) is 6.96. The summed E-state index contributed by atoms with van der Waals surface area (Å²) in [6.45, 7) is 0.782. The molecule has 0 aliphatic carbocycles. The molecule has 0 fully saturated rings. The minimum absolute atomic E-state index is 0.167. The molecule has 3 aromatic rings. The molecule has 2 heterocycles. The van der Waals surface area contributed by atoms with Crippen molar-refractivity contribution in [2.24, 2.45) is 0 Å². The molecular formula is C17H14Cl2N2O2S.